The molecule has 94 valence electrons. The van der Waals surface area contributed by atoms with Gasteiger partial charge in [0, 0.05) is 38.4 Å². The van der Waals surface area contributed by atoms with Gasteiger partial charge in [-0.1, -0.05) is 0 Å². The second-order valence-corrected chi connectivity index (χ2v) is 4.84. The Morgan fingerprint density at radius 3 is 2.53 bits per heavy atom. The maximum atomic E-state index is 9.60. The first-order valence-corrected chi connectivity index (χ1v) is 5.94. The molecule has 1 fully saturated rings. The summed E-state index contributed by atoms with van der Waals surface area (Å²) in [7, 11) is 3.87. The molecule has 0 bridgehead atoms. The molecule has 1 atom stereocenters. The van der Waals surface area contributed by atoms with Crippen molar-refractivity contribution in [2.24, 2.45) is 0 Å². The van der Waals surface area contributed by atoms with Crippen molar-refractivity contribution >= 4 is 11.8 Å². The Labute approximate surface area is 102 Å². The van der Waals surface area contributed by atoms with Crippen LogP contribution in [0.2, 0.25) is 0 Å². The fraction of sp³-hybridized carbons (Fsp3) is 0.667. The Morgan fingerprint density at radius 2 is 2.00 bits per heavy atom. The van der Waals surface area contributed by atoms with Crippen LogP contribution in [0.5, 0.6) is 0 Å². The predicted molar refractivity (Wildman–Crippen MR) is 68.7 cm³/mol. The first-order chi connectivity index (χ1) is 7.99. The van der Waals surface area contributed by atoms with Crippen LogP contribution in [0.3, 0.4) is 0 Å². The molecule has 0 saturated carbocycles. The molecule has 1 aliphatic heterocycles. The van der Waals surface area contributed by atoms with E-state index >= 15 is 0 Å². The molecule has 0 spiro atoms. The first kappa shape index (κ1) is 12.1. The molecule has 0 amide bonds. The van der Waals surface area contributed by atoms with Gasteiger partial charge in [-0.15, -0.1) is 0 Å². The highest BCUT2D eigenvalue weighted by Crippen LogP contribution is 2.25. The summed E-state index contributed by atoms with van der Waals surface area (Å²) in [6, 6.07) is 0. The smallest absolute Gasteiger partial charge is 0.227 e. The van der Waals surface area contributed by atoms with Gasteiger partial charge in [-0.25, -0.2) is 4.98 Å². The zero-order valence-electron chi connectivity index (χ0n) is 10.9. The van der Waals surface area contributed by atoms with E-state index in [1.165, 1.54) is 0 Å². The normalized spacial score (nSPS) is 19.8. The average Bonchev–Trinajstić information content (AvgIpc) is 2.68. The van der Waals surface area contributed by atoms with Crippen LogP contribution < -0.4 is 9.80 Å². The van der Waals surface area contributed by atoms with Crippen molar-refractivity contribution in [1.29, 1.82) is 0 Å². The lowest BCUT2D eigenvalue weighted by Gasteiger charge is -2.22. The highest BCUT2D eigenvalue weighted by molar-refractivity contribution is 5.53. The summed E-state index contributed by atoms with van der Waals surface area (Å²) in [6.07, 6.45) is 0.590. The summed E-state index contributed by atoms with van der Waals surface area (Å²) in [5, 5.41) is 9.60. The summed E-state index contributed by atoms with van der Waals surface area (Å²) >= 11 is 0. The summed E-state index contributed by atoms with van der Waals surface area (Å²) in [4.78, 5) is 13.1. The molecule has 2 rings (SSSR count). The van der Waals surface area contributed by atoms with Crippen molar-refractivity contribution in [3.63, 3.8) is 0 Å². The lowest BCUT2D eigenvalue weighted by molar-refractivity contribution is 0.198. The second kappa shape index (κ2) is 4.49. The predicted octanol–water partition coefficient (Wildman–Crippen LogP) is 0.730. The lowest BCUT2D eigenvalue weighted by Crippen LogP contribution is -2.25. The van der Waals surface area contributed by atoms with Crippen LogP contribution in [0, 0.1) is 13.8 Å². The zero-order valence-corrected chi connectivity index (χ0v) is 10.9. The van der Waals surface area contributed by atoms with Gasteiger partial charge >= 0.3 is 0 Å². The fourth-order valence-corrected chi connectivity index (χ4v) is 2.04. The van der Waals surface area contributed by atoms with Crippen LogP contribution in [0.25, 0.3) is 0 Å². The van der Waals surface area contributed by atoms with E-state index in [2.05, 4.69) is 14.9 Å². The molecule has 1 aromatic rings. The van der Waals surface area contributed by atoms with Crippen molar-refractivity contribution in [2.75, 3.05) is 37.0 Å². The Bertz CT molecular complexity index is 419. The Morgan fingerprint density at radius 1 is 1.29 bits per heavy atom. The summed E-state index contributed by atoms with van der Waals surface area (Å²) in [5.41, 5.74) is 2.10. The Kier molecular flexibility index (Phi) is 3.19. The van der Waals surface area contributed by atoms with Crippen molar-refractivity contribution < 1.29 is 5.11 Å². The van der Waals surface area contributed by atoms with E-state index < -0.39 is 0 Å². The number of hydrogen-bond donors (Lipinski definition) is 1. The van der Waals surface area contributed by atoms with E-state index in [1.54, 1.807) is 0 Å². The monoisotopic (exact) mass is 236 g/mol. The quantitative estimate of drug-likeness (QED) is 0.820. The van der Waals surface area contributed by atoms with Crippen molar-refractivity contribution in [1.82, 2.24) is 9.97 Å². The minimum Gasteiger partial charge on any atom is -0.391 e. The lowest BCUT2D eigenvalue weighted by atomic mass is 10.2. The number of aryl methyl sites for hydroxylation is 1. The molecular formula is C12H20N4O. The third-order valence-corrected chi connectivity index (χ3v) is 3.21. The van der Waals surface area contributed by atoms with Crippen LogP contribution in [0.15, 0.2) is 0 Å². The molecule has 1 aromatic heterocycles. The van der Waals surface area contributed by atoms with Crippen molar-refractivity contribution in [2.45, 2.75) is 26.4 Å². The molecule has 1 aliphatic rings. The second-order valence-electron chi connectivity index (χ2n) is 4.84. The Balaban J connectivity index is 2.38. The molecule has 5 nitrogen and oxygen atoms in total. The van der Waals surface area contributed by atoms with Gasteiger partial charge in [0.05, 0.1) is 6.10 Å². The first-order valence-electron chi connectivity index (χ1n) is 5.94. The molecule has 1 saturated heterocycles. The highest BCUT2D eigenvalue weighted by Gasteiger charge is 2.24. The standard InChI is InChI=1S/C12H20N4O/c1-8-9(2)13-12(15(3)4)14-11(8)16-6-5-10(17)7-16/h10,17H,5-7H2,1-4H3/t10-/m1/s1. The highest BCUT2D eigenvalue weighted by atomic mass is 16.3. The SMILES string of the molecule is Cc1nc(N(C)C)nc(N2CC[C@@H](O)C2)c1C. The van der Waals surface area contributed by atoms with Gasteiger partial charge in [-0.05, 0) is 20.3 Å². The topological polar surface area (TPSA) is 52.5 Å². The van der Waals surface area contributed by atoms with Gasteiger partial charge in [0.1, 0.15) is 5.82 Å². The van der Waals surface area contributed by atoms with E-state index in [4.69, 9.17) is 0 Å². The van der Waals surface area contributed by atoms with Crippen LogP contribution in [-0.4, -0.2) is 48.4 Å². The van der Waals surface area contributed by atoms with E-state index in [1.807, 2.05) is 32.8 Å². The number of anilines is 2. The summed E-state index contributed by atoms with van der Waals surface area (Å²) in [5.74, 6) is 1.68. The van der Waals surface area contributed by atoms with Crippen LogP contribution in [-0.2, 0) is 0 Å². The summed E-state index contributed by atoms with van der Waals surface area (Å²) in [6.45, 7) is 5.57. The number of rotatable bonds is 2. The minimum absolute atomic E-state index is 0.229. The van der Waals surface area contributed by atoms with Crippen molar-refractivity contribution in [3.05, 3.63) is 11.3 Å². The van der Waals surface area contributed by atoms with Crippen molar-refractivity contribution in [3.8, 4) is 0 Å². The van der Waals surface area contributed by atoms with Gasteiger partial charge < -0.3 is 14.9 Å². The number of aliphatic hydroxyl groups excluding tert-OH is 1. The number of nitrogens with zero attached hydrogens (tertiary/aromatic N) is 4. The molecule has 0 aliphatic carbocycles. The fourth-order valence-electron chi connectivity index (χ4n) is 2.04. The molecule has 5 heteroatoms. The number of β-amino-alcohol motifs (C(OH)–C–C–N with tert-alkyl or cyclic N) is 1. The van der Waals surface area contributed by atoms with E-state index in [0.717, 1.165) is 36.0 Å². The molecule has 0 aromatic carbocycles. The molecule has 0 radical (unpaired) electrons. The van der Waals surface area contributed by atoms with Gasteiger partial charge in [0.15, 0.2) is 0 Å². The molecule has 0 unspecified atom stereocenters. The summed E-state index contributed by atoms with van der Waals surface area (Å²) < 4.78 is 0. The molecule has 17 heavy (non-hydrogen) atoms. The molecular weight excluding hydrogens is 216 g/mol. The maximum absolute atomic E-state index is 9.60. The minimum atomic E-state index is -0.229. The van der Waals surface area contributed by atoms with Gasteiger partial charge in [-0.2, -0.15) is 4.98 Å². The molecule has 1 N–H and O–H groups in total. The zero-order chi connectivity index (χ0) is 12.6. The van der Waals surface area contributed by atoms with Gasteiger partial charge in [0.2, 0.25) is 5.95 Å². The third-order valence-electron chi connectivity index (χ3n) is 3.21. The van der Waals surface area contributed by atoms with E-state index in [-0.39, 0.29) is 6.10 Å². The van der Waals surface area contributed by atoms with Gasteiger partial charge in [0.25, 0.3) is 0 Å². The van der Waals surface area contributed by atoms with Crippen LogP contribution >= 0.6 is 0 Å². The number of hydrogen-bond acceptors (Lipinski definition) is 5. The maximum Gasteiger partial charge on any atom is 0.227 e. The van der Waals surface area contributed by atoms with E-state index in [0.29, 0.717) is 6.54 Å². The largest absolute Gasteiger partial charge is 0.391 e. The average molecular weight is 236 g/mol. The number of aromatic nitrogens is 2. The van der Waals surface area contributed by atoms with Crippen LogP contribution in [0.1, 0.15) is 17.7 Å². The third kappa shape index (κ3) is 2.34. The molecule has 2 heterocycles. The van der Waals surface area contributed by atoms with Crippen LogP contribution in [0.4, 0.5) is 11.8 Å². The Hall–Kier alpha value is -1.36. The van der Waals surface area contributed by atoms with E-state index in [9.17, 15) is 5.11 Å². The number of aliphatic hydroxyl groups is 1. The van der Waals surface area contributed by atoms with Gasteiger partial charge in [-0.3, -0.25) is 0 Å².